The van der Waals surface area contributed by atoms with E-state index >= 15 is 0 Å². The third-order valence-electron chi connectivity index (χ3n) is 2.37. The van der Waals surface area contributed by atoms with Gasteiger partial charge in [0.2, 0.25) is 5.75 Å². The summed E-state index contributed by atoms with van der Waals surface area (Å²) in [6, 6.07) is 5.22. The lowest BCUT2D eigenvalue weighted by Gasteiger charge is -1.99. The molecule has 2 aromatic rings. The second-order valence-electron chi connectivity index (χ2n) is 3.75. The largest absolute Gasteiger partial charge is 0.504 e. The van der Waals surface area contributed by atoms with Crippen molar-refractivity contribution in [3.8, 4) is 23.0 Å². The quantitative estimate of drug-likeness (QED) is 0.612. The molecular formula is C13H10O6. The van der Waals surface area contributed by atoms with Gasteiger partial charge in [-0.25, -0.2) is 4.79 Å². The van der Waals surface area contributed by atoms with E-state index < -0.39 is 17.1 Å². The van der Waals surface area contributed by atoms with E-state index in [1.54, 1.807) is 0 Å². The van der Waals surface area contributed by atoms with E-state index in [9.17, 15) is 15.0 Å². The first-order chi connectivity index (χ1) is 8.97. The zero-order chi connectivity index (χ0) is 14.0. The molecule has 2 rings (SSSR count). The zero-order valence-electron chi connectivity index (χ0n) is 9.57. The van der Waals surface area contributed by atoms with Crippen LogP contribution in [-0.2, 0) is 0 Å². The number of phenols is 2. The number of hydrogen-bond donors (Lipinski definition) is 4. The van der Waals surface area contributed by atoms with Crippen molar-refractivity contribution in [1.29, 1.82) is 0 Å². The maximum Gasteiger partial charge on any atom is 0.382 e. The Morgan fingerprint density at radius 1 is 0.895 bits per heavy atom. The van der Waals surface area contributed by atoms with Crippen LogP contribution in [0.25, 0.3) is 12.2 Å². The molecular weight excluding hydrogens is 252 g/mol. The molecule has 0 saturated heterocycles. The molecule has 0 radical (unpaired) electrons. The molecule has 0 aliphatic carbocycles. The molecule has 0 fully saturated rings. The molecule has 0 saturated carbocycles. The lowest BCUT2D eigenvalue weighted by molar-refractivity contribution is 0.362. The Hall–Kier alpha value is -2.89. The summed E-state index contributed by atoms with van der Waals surface area (Å²) in [4.78, 5) is 11.1. The van der Waals surface area contributed by atoms with Crippen LogP contribution in [0.5, 0.6) is 23.0 Å². The van der Waals surface area contributed by atoms with Crippen LogP contribution in [0.4, 0.5) is 0 Å². The topological polar surface area (TPSA) is 111 Å². The fourth-order valence-electron chi connectivity index (χ4n) is 1.40. The normalized spacial score (nSPS) is 10.9. The van der Waals surface area contributed by atoms with Crippen LogP contribution in [0, 0.1) is 0 Å². The molecule has 0 unspecified atom stereocenters. The predicted molar refractivity (Wildman–Crippen MR) is 67.0 cm³/mol. The molecule has 19 heavy (non-hydrogen) atoms. The van der Waals surface area contributed by atoms with Gasteiger partial charge in [0.1, 0.15) is 5.76 Å². The molecule has 98 valence electrons. The minimum Gasteiger partial charge on any atom is -0.504 e. The molecule has 1 heterocycles. The van der Waals surface area contributed by atoms with Gasteiger partial charge >= 0.3 is 5.63 Å². The summed E-state index contributed by atoms with van der Waals surface area (Å²) in [6.07, 6.45) is 2.86. The van der Waals surface area contributed by atoms with Crippen molar-refractivity contribution in [2.24, 2.45) is 0 Å². The third kappa shape index (κ3) is 2.68. The second-order valence-corrected chi connectivity index (χ2v) is 3.75. The van der Waals surface area contributed by atoms with Gasteiger partial charge in [-0.15, -0.1) is 0 Å². The Balaban J connectivity index is 2.32. The summed E-state index contributed by atoms with van der Waals surface area (Å²) in [7, 11) is 0. The van der Waals surface area contributed by atoms with E-state index in [0.29, 0.717) is 5.56 Å². The number of benzene rings is 1. The summed E-state index contributed by atoms with van der Waals surface area (Å²) in [5, 5.41) is 36.7. The van der Waals surface area contributed by atoms with Gasteiger partial charge in [0.15, 0.2) is 17.2 Å². The van der Waals surface area contributed by atoms with Gasteiger partial charge < -0.3 is 24.8 Å². The number of hydrogen-bond acceptors (Lipinski definition) is 6. The predicted octanol–water partition coefficient (Wildman–Crippen LogP) is 1.63. The standard InChI is InChI=1S/C13H10O6/c14-9-4-2-7(5-10(9)15)1-3-8-6-11(16)12(17)13(18)19-8/h1-6,14-17H/b3-1+. The molecule has 6 heteroatoms. The number of phenolic OH excluding ortho intramolecular Hbond substituents is 2. The highest BCUT2D eigenvalue weighted by molar-refractivity contribution is 5.69. The van der Waals surface area contributed by atoms with Crippen LogP contribution < -0.4 is 5.63 Å². The number of rotatable bonds is 2. The average molecular weight is 262 g/mol. The Bertz CT molecular complexity index is 699. The first kappa shape index (κ1) is 12.6. The highest BCUT2D eigenvalue weighted by Crippen LogP contribution is 2.26. The first-order valence-electron chi connectivity index (χ1n) is 5.23. The van der Waals surface area contributed by atoms with E-state index in [2.05, 4.69) is 0 Å². The van der Waals surface area contributed by atoms with Crippen LogP contribution >= 0.6 is 0 Å². The fourth-order valence-corrected chi connectivity index (χ4v) is 1.40. The van der Waals surface area contributed by atoms with Crippen molar-refractivity contribution < 1.29 is 24.8 Å². The molecule has 0 atom stereocenters. The maximum atomic E-state index is 11.1. The van der Waals surface area contributed by atoms with Crippen LogP contribution in [0.1, 0.15) is 11.3 Å². The van der Waals surface area contributed by atoms with Crippen molar-refractivity contribution >= 4 is 12.2 Å². The van der Waals surface area contributed by atoms with Crippen molar-refractivity contribution in [3.63, 3.8) is 0 Å². The SMILES string of the molecule is O=c1oc(/C=C/c2ccc(O)c(O)c2)cc(O)c1O. The fraction of sp³-hybridized carbons (Fsp3) is 0. The molecule has 0 spiro atoms. The summed E-state index contributed by atoms with van der Waals surface area (Å²) in [6.45, 7) is 0. The minimum atomic E-state index is -1.05. The smallest absolute Gasteiger partial charge is 0.382 e. The van der Waals surface area contributed by atoms with Crippen molar-refractivity contribution in [3.05, 3.63) is 46.0 Å². The monoisotopic (exact) mass is 262 g/mol. The lowest BCUT2D eigenvalue weighted by atomic mass is 10.2. The van der Waals surface area contributed by atoms with Gasteiger partial charge in [-0.3, -0.25) is 0 Å². The summed E-state index contributed by atoms with van der Waals surface area (Å²) >= 11 is 0. The molecule has 0 aliphatic rings. The van der Waals surface area contributed by atoms with Gasteiger partial charge in [0.05, 0.1) is 0 Å². The molecule has 0 aliphatic heterocycles. The van der Waals surface area contributed by atoms with Gasteiger partial charge in [-0.2, -0.15) is 0 Å². The van der Waals surface area contributed by atoms with Crippen molar-refractivity contribution in [2.45, 2.75) is 0 Å². The molecule has 0 bridgehead atoms. The average Bonchev–Trinajstić information content (AvgIpc) is 2.37. The Kier molecular flexibility index (Phi) is 3.15. The highest BCUT2D eigenvalue weighted by Gasteiger charge is 2.07. The molecule has 4 N–H and O–H groups in total. The van der Waals surface area contributed by atoms with Gasteiger partial charge in [-0.1, -0.05) is 12.1 Å². The zero-order valence-corrected chi connectivity index (χ0v) is 9.57. The van der Waals surface area contributed by atoms with Gasteiger partial charge in [-0.05, 0) is 23.8 Å². The van der Waals surface area contributed by atoms with Crippen LogP contribution in [0.15, 0.2) is 33.5 Å². The van der Waals surface area contributed by atoms with E-state index in [1.165, 1.54) is 30.4 Å². The number of aromatic hydroxyl groups is 4. The minimum absolute atomic E-state index is 0.0351. The summed E-state index contributed by atoms with van der Waals surface area (Å²) < 4.78 is 4.70. The maximum absolute atomic E-state index is 11.1. The highest BCUT2D eigenvalue weighted by atomic mass is 16.4. The van der Waals surface area contributed by atoms with Crippen LogP contribution in [0.2, 0.25) is 0 Å². The molecule has 1 aromatic carbocycles. The molecule has 6 nitrogen and oxygen atoms in total. The Labute approximate surface area is 107 Å². The van der Waals surface area contributed by atoms with Gasteiger partial charge in [0, 0.05) is 6.07 Å². The lowest BCUT2D eigenvalue weighted by Crippen LogP contribution is -1.98. The first-order valence-corrected chi connectivity index (χ1v) is 5.23. The van der Waals surface area contributed by atoms with Crippen LogP contribution in [0.3, 0.4) is 0 Å². The Morgan fingerprint density at radius 2 is 1.63 bits per heavy atom. The van der Waals surface area contributed by atoms with E-state index in [-0.39, 0.29) is 17.3 Å². The Morgan fingerprint density at radius 3 is 2.26 bits per heavy atom. The molecule has 1 aromatic heterocycles. The summed E-state index contributed by atoms with van der Waals surface area (Å²) in [5.41, 5.74) is -0.501. The van der Waals surface area contributed by atoms with E-state index in [1.807, 2.05) is 0 Å². The van der Waals surface area contributed by atoms with Crippen LogP contribution in [-0.4, -0.2) is 20.4 Å². The van der Waals surface area contributed by atoms with E-state index in [0.717, 1.165) is 6.07 Å². The second kappa shape index (κ2) is 4.77. The third-order valence-corrected chi connectivity index (χ3v) is 2.37. The summed E-state index contributed by atoms with van der Waals surface area (Å²) in [5.74, 6) is -1.92. The van der Waals surface area contributed by atoms with Crippen molar-refractivity contribution in [1.82, 2.24) is 0 Å². The van der Waals surface area contributed by atoms with Gasteiger partial charge in [0.25, 0.3) is 0 Å². The van der Waals surface area contributed by atoms with E-state index in [4.69, 9.17) is 14.6 Å². The molecule has 0 amide bonds. The van der Waals surface area contributed by atoms with Crippen molar-refractivity contribution in [2.75, 3.05) is 0 Å².